The summed E-state index contributed by atoms with van der Waals surface area (Å²) in [4.78, 5) is 4.21. The summed E-state index contributed by atoms with van der Waals surface area (Å²) in [6.07, 6.45) is 1.74. The standard InChI is InChI=1S/C12H18BrNO2/c1-10(2)9-15-5-6-16-12-4-3-11(7-13)14-8-12/h3-4,8,10H,5-7,9H2,1-2H3. The molecule has 0 aliphatic carbocycles. The van der Waals surface area contributed by atoms with Crippen molar-refractivity contribution in [3.63, 3.8) is 0 Å². The maximum absolute atomic E-state index is 5.48. The Morgan fingerprint density at radius 1 is 1.31 bits per heavy atom. The van der Waals surface area contributed by atoms with Crippen LogP contribution < -0.4 is 4.74 Å². The molecule has 1 aromatic heterocycles. The molecule has 0 atom stereocenters. The Bertz CT molecular complexity index is 288. The first-order chi connectivity index (χ1) is 7.72. The van der Waals surface area contributed by atoms with E-state index in [4.69, 9.17) is 9.47 Å². The van der Waals surface area contributed by atoms with Gasteiger partial charge >= 0.3 is 0 Å². The topological polar surface area (TPSA) is 31.4 Å². The molecule has 90 valence electrons. The van der Waals surface area contributed by atoms with Crippen molar-refractivity contribution in [2.45, 2.75) is 19.2 Å². The molecule has 0 aromatic carbocycles. The van der Waals surface area contributed by atoms with Crippen LogP contribution in [0.4, 0.5) is 0 Å². The third-order valence-corrected chi connectivity index (χ3v) is 2.46. The summed E-state index contributed by atoms with van der Waals surface area (Å²) in [6.45, 7) is 6.23. The molecule has 1 rings (SSSR count). The van der Waals surface area contributed by atoms with Gasteiger partial charge in [-0.05, 0) is 18.1 Å². The SMILES string of the molecule is CC(C)COCCOc1ccc(CBr)nc1. The van der Waals surface area contributed by atoms with E-state index in [1.54, 1.807) is 6.20 Å². The Labute approximate surface area is 105 Å². The summed E-state index contributed by atoms with van der Waals surface area (Å²) in [5.74, 6) is 1.36. The Morgan fingerprint density at radius 3 is 2.69 bits per heavy atom. The highest BCUT2D eigenvalue weighted by Crippen LogP contribution is 2.10. The van der Waals surface area contributed by atoms with Gasteiger partial charge in [-0.3, -0.25) is 4.98 Å². The maximum Gasteiger partial charge on any atom is 0.137 e. The van der Waals surface area contributed by atoms with Gasteiger partial charge in [0.25, 0.3) is 0 Å². The molecule has 0 radical (unpaired) electrons. The number of hydrogen-bond acceptors (Lipinski definition) is 3. The van der Waals surface area contributed by atoms with Crippen molar-refractivity contribution < 1.29 is 9.47 Å². The number of aromatic nitrogens is 1. The number of rotatable bonds is 7. The molecule has 0 fully saturated rings. The van der Waals surface area contributed by atoms with Crippen LogP contribution in [0.15, 0.2) is 18.3 Å². The molecule has 0 N–H and O–H groups in total. The van der Waals surface area contributed by atoms with Gasteiger partial charge < -0.3 is 9.47 Å². The molecule has 3 nitrogen and oxygen atoms in total. The van der Waals surface area contributed by atoms with E-state index in [1.165, 1.54) is 0 Å². The van der Waals surface area contributed by atoms with Crippen LogP contribution in [0.3, 0.4) is 0 Å². The minimum Gasteiger partial charge on any atom is -0.490 e. The molecule has 0 aliphatic rings. The fourth-order valence-electron chi connectivity index (χ4n) is 1.11. The Balaban J connectivity index is 2.16. The zero-order valence-corrected chi connectivity index (χ0v) is 11.4. The quantitative estimate of drug-likeness (QED) is 0.571. The lowest BCUT2D eigenvalue weighted by Crippen LogP contribution is -2.10. The zero-order chi connectivity index (χ0) is 11.8. The second-order valence-electron chi connectivity index (χ2n) is 3.94. The summed E-state index contributed by atoms with van der Waals surface area (Å²) in [5, 5.41) is 0.769. The third kappa shape index (κ3) is 5.47. The normalized spacial score (nSPS) is 10.8. The van der Waals surface area contributed by atoms with Crippen LogP contribution in [-0.4, -0.2) is 24.8 Å². The Hall–Kier alpha value is -0.610. The number of nitrogens with zero attached hydrogens (tertiary/aromatic N) is 1. The number of pyridine rings is 1. The zero-order valence-electron chi connectivity index (χ0n) is 9.78. The van der Waals surface area contributed by atoms with Gasteiger partial charge in [0.15, 0.2) is 0 Å². The maximum atomic E-state index is 5.48. The molecular formula is C12H18BrNO2. The molecule has 0 amide bonds. The van der Waals surface area contributed by atoms with Gasteiger partial charge in [0.1, 0.15) is 12.4 Å². The predicted molar refractivity (Wildman–Crippen MR) is 68.0 cm³/mol. The average Bonchev–Trinajstić information content (AvgIpc) is 2.29. The molecular weight excluding hydrogens is 270 g/mol. The van der Waals surface area contributed by atoms with Crippen molar-refractivity contribution in [1.29, 1.82) is 0 Å². The molecule has 0 unspecified atom stereocenters. The minimum absolute atomic E-state index is 0.569. The monoisotopic (exact) mass is 287 g/mol. The van der Waals surface area contributed by atoms with E-state index in [-0.39, 0.29) is 0 Å². The van der Waals surface area contributed by atoms with Crippen molar-refractivity contribution >= 4 is 15.9 Å². The lowest BCUT2D eigenvalue weighted by Gasteiger charge is -2.08. The number of ether oxygens (including phenoxy) is 2. The Morgan fingerprint density at radius 2 is 2.12 bits per heavy atom. The van der Waals surface area contributed by atoms with Crippen LogP contribution in [0.2, 0.25) is 0 Å². The summed E-state index contributed by atoms with van der Waals surface area (Å²) in [6, 6.07) is 3.87. The molecule has 16 heavy (non-hydrogen) atoms. The summed E-state index contributed by atoms with van der Waals surface area (Å²) < 4.78 is 10.9. The van der Waals surface area contributed by atoms with E-state index in [0.717, 1.165) is 23.4 Å². The highest BCUT2D eigenvalue weighted by Gasteiger charge is 1.97. The van der Waals surface area contributed by atoms with Crippen LogP contribution in [0.5, 0.6) is 5.75 Å². The van der Waals surface area contributed by atoms with Gasteiger partial charge in [-0.1, -0.05) is 29.8 Å². The van der Waals surface area contributed by atoms with Crippen molar-refractivity contribution in [2.24, 2.45) is 5.92 Å². The molecule has 4 heteroatoms. The van der Waals surface area contributed by atoms with Gasteiger partial charge in [-0.15, -0.1) is 0 Å². The Kier molecular flexibility index (Phi) is 6.42. The van der Waals surface area contributed by atoms with Gasteiger partial charge in [0, 0.05) is 11.9 Å². The fraction of sp³-hybridized carbons (Fsp3) is 0.583. The number of hydrogen-bond donors (Lipinski definition) is 0. The van der Waals surface area contributed by atoms with Crippen LogP contribution in [0.25, 0.3) is 0 Å². The highest BCUT2D eigenvalue weighted by molar-refractivity contribution is 9.08. The van der Waals surface area contributed by atoms with E-state index < -0.39 is 0 Å². The van der Waals surface area contributed by atoms with Crippen LogP contribution >= 0.6 is 15.9 Å². The van der Waals surface area contributed by atoms with E-state index in [2.05, 4.69) is 34.8 Å². The molecule has 1 aromatic rings. The lowest BCUT2D eigenvalue weighted by atomic mass is 10.2. The van der Waals surface area contributed by atoms with Crippen molar-refractivity contribution in [3.8, 4) is 5.75 Å². The van der Waals surface area contributed by atoms with Crippen molar-refractivity contribution in [3.05, 3.63) is 24.0 Å². The van der Waals surface area contributed by atoms with E-state index in [0.29, 0.717) is 19.1 Å². The molecule has 0 aliphatic heterocycles. The largest absolute Gasteiger partial charge is 0.490 e. The highest BCUT2D eigenvalue weighted by atomic mass is 79.9. The first kappa shape index (κ1) is 13.5. The summed E-state index contributed by atoms with van der Waals surface area (Å²) in [7, 11) is 0. The second kappa shape index (κ2) is 7.63. The molecule has 1 heterocycles. The van der Waals surface area contributed by atoms with E-state index in [1.807, 2.05) is 12.1 Å². The smallest absolute Gasteiger partial charge is 0.137 e. The van der Waals surface area contributed by atoms with Gasteiger partial charge in [0.05, 0.1) is 18.5 Å². The number of halogens is 1. The van der Waals surface area contributed by atoms with Crippen molar-refractivity contribution in [2.75, 3.05) is 19.8 Å². The van der Waals surface area contributed by atoms with Crippen LogP contribution in [0.1, 0.15) is 19.5 Å². The van der Waals surface area contributed by atoms with E-state index in [9.17, 15) is 0 Å². The van der Waals surface area contributed by atoms with Gasteiger partial charge in [0.2, 0.25) is 0 Å². The summed E-state index contributed by atoms with van der Waals surface area (Å²) in [5.41, 5.74) is 1.00. The second-order valence-corrected chi connectivity index (χ2v) is 4.50. The molecule has 0 spiro atoms. The van der Waals surface area contributed by atoms with Crippen LogP contribution in [-0.2, 0) is 10.1 Å². The van der Waals surface area contributed by atoms with Gasteiger partial charge in [-0.25, -0.2) is 0 Å². The van der Waals surface area contributed by atoms with Crippen LogP contribution in [0, 0.1) is 5.92 Å². The third-order valence-electron chi connectivity index (χ3n) is 1.88. The van der Waals surface area contributed by atoms with E-state index >= 15 is 0 Å². The fourth-order valence-corrected chi connectivity index (χ4v) is 1.44. The summed E-state index contributed by atoms with van der Waals surface area (Å²) >= 11 is 3.35. The molecule has 0 bridgehead atoms. The lowest BCUT2D eigenvalue weighted by molar-refractivity contribution is 0.0818. The number of alkyl halides is 1. The first-order valence-corrected chi connectivity index (χ1v) is 6.56. The van der Waals surface area contributed by atoms with Crippen molar-refractivity contribution in [1.82, 2.24) is 4.98 Å². The molecule has 0 saturated heterocycles. The first-order valence-electron chi connectivity index (χ1n) is 5.44. The van der Waals surface area contributed by atoms with Gasteiger partial charge in [-0.2, -0.15) is 0 Å². The average molecular weight is 288 g/mol. The predicted octanol–water partition coefficient (Wildman–Crippen LogP) is 3.03. The minimum atomic E-state index is 0.569. The molecule has 0 saturated carbocycles.